The fraction of sp³-hybridized carbons (Fsp3) is 0.474. The summed E-state index contributed by atoms with van der Waals surface area (Å²) in [7, 11) is 0. The molecule has 0 saturated carbocycles. The Hall–Kier alpha value is -4.88. The van der Waals surface area contributed by atoms with Gasteiger partial charge in [0, 0.05) is 26.1 Å². The Kier molecular flexibility index (Phi) is 11.3. The number of aliphatic hydroxyl groups excluding tert-OH is 1. The van der Waals surface area contributed by atoms with E-state index >= 15 is 0 Å². The molecule has 13 nitrogen and oxygen atoms in total. The van der Waals surface area contributed by atoms with Gasteiger partial charge in [-0.05, 0) is 56.2 Å². The van der Waals surface area contributed by atoms with Gasteiger partial charge in [0.15, 0.2) is 0 Å². The first-order valence-electron chi connectivity index (χ1n) is 17.7. The van der Waals surface area contributed by atoms with E-state index < -0.39 is 41.6 Å². The van der Waals surface area contributed by atoms with Crippen molar-refractivity contribution in [3.63, 3.8) is 0 Å². The maximum absolute atomic E-state index is 14.8. The summed E-state index contributed by atoms with van der Waals surface area (Å²) < 4.78 is 13.9. The molecule has 3 aliphatic rings. The summed E-state index contributed by atoms with van der Waals surface area (Å²) in [5.41, 5.74) is 0.989. The van der Waals surface area contributed by atoms with Crippen LogP contribution in [0.5, 0.6) is 0 Å². The largest absolute Gasteiger partial charge is 0.463 e. The number of hydrogen-bond acceptors (Lipinski definition) is 9. The molecule has 3 fully saturated rings. The number of ether oxygens (including phenoxy) is 2. The average Bonchev–Trinajstić information content (AvgIpc) is 3.90. The van der Waals surface area contributed by atoms with E-state index in [0.29, 0.717) is 44.0 Å². The van der Waals surface area contributed by atoms with Crippen LogP contribution in [0.2, 0.25) is 0 Å². The van der Waals surface area contributed by atoms with Gasteiger partial charge in [-0.2, -0.15) is 0 Å². The molecule has 13 heteroatoms. The maximum Gasteiger partial charge on any atom is 0.306 e. The summed E-state index contributed by atoms with van der Waals surface area (Å²) in [6, 6.07) is 15.1. The zero-order valence-electron chi connectivity index (χ0n) is 28.8. The number of esters is 1. The summed E-state index contributed by atoms with van der Waals surface area (Å²) in [6.45, 7) is 8.02. The van der Waals surface area contributed by atoms with Crippen LogP contribution in [-0.2, 0) is 35.3 Å². The first-order chi connectivity index (χ1) is 24.8. The van der Waals surface area contributed by atoms with Crippen molar-refractivity contribution in [3.8, 4) is 0 Å². The SMILES string of the molecule is C=CCCC(=O)OC[C@H](NC(=O)[C@@H]1[C@@H]2CC[C@]3(O2)[C@H](C(=O)N(CC=C)Cn2nnc4ccccc42)N(CCCCCO)C(=O)[C@@H]13)c1ccccc1. The van der Waals surface area contributed by atoms with Crippen LogP contribution >= 0.6 is 0 Å². The van der Waals surface area contributed by atoms with Gasteiger partial charge < -0.3 is 29.7 Å². The smallest absolute Gasteiger partial charge is 0.306 e. The van der Waals surface area contributed by atoms with Crippen molar-refractivity contribution in [3.05, 3.63) is 85.5 Å². The average molecular weight is 699 g/mol. The third-order valence-corrected chi connectivity index (χ3v) is 10.3. The Morgan fingerprint density at radius 2 is 1.88 bits per heavy atom. The van der Waals surface area contributed by atoms with E-state index in [2.05, 4.69) is 28.8 Å². The fourth-order valence-corrected chi connectivity index (χ4v) is 7.92. The van der Waals surface area contributed by atoms with Gasteiger partial charge in [-0.25, -0.2) is 4.68 Å². The zero-order chi connectivity index (χ0) is 36.0. The second kappa shape index (κ2) is 16.0. The van der Waals surface area contributed by atoms with E-state index in [0.717, 1.165) is 11.1 Å². The second-order valence-electron chi connectivity index (χ2n) is 13.4. The van der Waals surface area contributed by atoms with E-state index in [9.17, 15) is 24.3 Å². The Bertz CT molecular complexity index is 1750. The minimum atomic E-state index is -1.21. The topological polar surface area (TPSA) is 156 Å². The molecule has 3 aromatic rings. The zero-order valence-corrected chi connectivity index (χ0v) is 28.8. The van der Waals surface area contributed by atoms with Crippen molar-refractivity contribution in [1.29, 1.82) is 0 Å². The van der Waals surface area contributed by atoms with E-state index in [1.54, 1.807) is 26.6 Å². The quantitative estimate of drug-likeness (QED) is 0.116. The number of aromatic nitrogens is 3. The minimum Gasteiger partial charge on any atom is -0.463 e. The van der Waals surface area contributed by atoms with Gasteiger partial charge in [0.1, 0.15) is 30.4 Å². The number of allylic oxidation sites excluding steroid dienone is 1. The van der Waals surface area contributed by atoms with Crippen LogP contribution in [-0.4, -0.2) is 97.6 Å². The molecule has 0 aliphatic carbocycles. The van der Waals surface area contributed by atoms with Gasteiger partial charge in [-0.15, -0.1) is 18.3 Å². The molecule has 270 valence electrons. The number of carbonyl (C=O) groups excluding carboxylic acids is 4. The highest BCUT2D eigenvalue weighted by molar-refractivity contribution is 5.99. The third kappa shape index (κ3) is 7.18. The highest BCUT2D eigenvalue weighted by Gasteiger charge is 2.74. The van der Waals surface area contributed by atoms with Crippen LogP contribution in [0, 0.1) is 11.8 Å². The van der Waals surface area contributed by atoms with Crippen molar-refractivity contribution < 1.29 is 33.8 Å². The molecule has 1 aromatic heterocycles. The molecule has 2 aromatic carbocycles. The molecule has 0 radical (unpaired) electrons. The molecular formula is C38H46N6O7. The third-order valence-electron chi connectivity index (χ3n) is 10.3. The molecule has 1 spiro atoms. The molecule has 3 aliphatic heterocycles. The molecule has 2 bridgehead atoms. The predicted molar refractivity (Wildman–Crippen MR) is 187 cm³/mol. The lowest BCUT2D eigenvalue weighted by atomic mass is 9.70. The van der Waals surface area contributed by atoms with Crippen molar-refractivity contribution in [2.24, 2.45) is 11.8 Å². The molecule has 3 amide bonds. The number of para-hydroxylation sites is 1. The lowest BCUT2D eigenvalue weighted by Gasteiger charge is -2.36. The molecule has 6 rings (SSSR count). The van der Waals surface area contributed by atoms with Crippen molar-refractivity contribution in [1.82, 2.24) is 30.1 Å². The van der Waals surface area contributed by atoms with Crippen LogP contribution in [0.4, 0.5) is 0 Å². The number of hydrogen-bond donors (Lipinski definition) is 2. The summed E-state index contributed by atoms with van der Waals surface area (Å²) in [5, 5.41) is 21.0. The molecule has 4 heterocycles. The fourth-order valence-electron chi connectivity index (χ4n) is 7.92. The summed E-state index contributed by atoms with van der Waals surface area (Å²) in [5.74, 6) is -3.13. The first kappa shape index (κ1) is 35.9. The lowest BCUT2D eigenvalue weighted by Crippen LogP contribution is -2.56. The number of carbonyl (C=O) groups is 4. The van der Waals surface area contributed by atoms with Crippen LogP contribution in [0.1, 0.15) is 56.6 Å². The molecular weight excluding hydrogens is 652 g/mol. The number of unbranched alkanes of at least 4 members (excludes halogenated alkanes) is 2. The van der Waals surface area contributed by atoms with E-state index in [-0.39, 0.29) is 57.1 Å². The second-order valence-corrected chi connectivity index (χ2v) is 13.4. The van der Waals surface area contributed by atoms with Crippen molar-refractivity contribution >= 4 is 34.7 Å². The number of amides is 3. The number of likely N-dealkylation sites (tertiary alicyclic amines) is 1. The first-order valence-corrected chi connectivity index (χ1v) is 17.7. The normalized spacial score (nSPS) is 23.9. The molecule has 51 heavy (non-hydrogen) atoms. The Labute approximate surface area is 297 Å². The van der Waals surface area contributed by atoms with Crippen LogP contribution in [0.3, 0.4) is 0 Å². The van der Waals surface area contributed by atoms with Crippen LogP contribution < -0.4 is 5.32 Å². The molecule has 3 saturated heterocycles. The highest BCUT2D eigenvalue weighted by Crippen LogP contribution is 2.58. The van der Waals surface area contributed by atoms with E-state index in [4.69, 9.17) is 9.47 Å². The van der Waals surface area contributed by atoms with E-state index in [1.807, 2.05) is 54.6 Å². The molecule has 0 unspecified atom stereocenters. The minimum absolute atomic E-state index is 0.0288. The van der Waals surface area contributed by atoms with Gasteiger partial charge >= 0.3 is 5.97 Å². The summed E-state index contributed by atoms with van der Waals surface area (Å²) in [4.78, 5) is 59.2. The van der Waals surface area contributed by atoms with Gasteiger partial charge in [0.25, 0.3) is 0 Å². The van der Waals surface area contributed by atoms with E-state index in [1.165, 1.54) is 0 Å². The molecule has 2 N–H and O–H groups in total. The van der Waals surface area contributed by atoms with Gasteiger partial charge in [-0.1, -0.05) is 59.8 Å². The van der Waals surface area contributed by atoms with Gasteiger partial charge in [-0.3, -0.25) is 19.2 Å². The maximum atomic E-state index is 14.8. The van der Waals surface area contributed by atoms with Gasteiger partial charge in [0.2, 0.25) is 17.7 Å². The number of benzene rings is 2. The lowest BCUT2D eigenvalue weighted by molar-refractivity contribution is -0.149. The standard InChI is InChI=1S/C38H46N6O7/c1-3-5-18-31(46)50-24-28(26-14-8-6-9-15-26)39-35(47)32-30-19-20-38(51-30)33(32)36(48)43(22-12-7-13-23-45)34(38)37(49)42(21-4-2)25-44-29-17-11-10-16-27(29)40-41-44/h3-4,6,8-11,14-17,28,30,32-34,45H,1-2,5,7,12-13,18-25H2,(H,39,47)/t28-,30-,32+,33+,34-,38+/m0/s1. The predicted octanol–water partition coefficient (Wildman–Crippen LogP) is 3.31. The number of fused-ring (bicyclic) bond motifs is 2. The van der Waals surface area contributed by atoms with Crippen molar-refractivity contribution in [2.45, 2.75) is 75.4 Å². The number of aliphatic hydroxyl groups is 1. The summed E-state index contributed by atoms with van der Waals surface area (Å²) in [6.07, 6.45) is 6.11. The van der Waals surface area contributed by atoms with Crippen LogP contribution in [0.25, 0.3) is 11.0 Å². The Morgan fingerprint density at radius 1 is 1.10 bits per heavy atom. The number of nitrogens with one attached hydrogen (secondary N) is 1. The monoisotopic (exact) mass is 698 g/mol. The molecule has 6 atom stereocenters. The van der Waals surface area contributed by atoms with Gasteiger partial charge in [0.05, 0.1) is 29.5 Å². The highest BCUT2D eigenvalue weighted by atomic mass is 16.5. The van der Waals surface area contributed by atoms with Crippen molar-refractivity contribution in [2.75, 3.05) is 26.3 Å². The summed E-state index contributed by atoms with van der Waals surface area (Å²) >= 11 is 0. The number of nitrogens with zero attached hydrogens (tertiary/aromatic N) is 5. The Balaban J connectivity index is 1.28. The Morgan fingerprint density at radius 3 is 2.65 bits per heavy atom. The number of rotatable bonds is 18. The van der Waals surface area contributed by atoms with Crippen LogP contribution in [0.15, 0.2) is 79.9 Å².